The summed E-state index contributed by atoms with van der Waals surface area (Å²) < 4.78 is 33.3. The summed E-state index contributed by atoms with van der Waals surface area (Å²) in [7, 11) is -3.42. The lowest BCUT2D eigenvalue weighted by molar-refractivity contribution is 0.259. The number of hydrogen-bond acceptors (Lipinski definition) is 7. The largest absolute Gasteiger partial charge is 0.364 e. The summed E-state index contributed by atoms with van der Waals surface area (Å²) in [5, 5.41) is 15.0. The highest BCUT2D eigenvalue weighted by Gasteiger charge is 2.29. The lowest BCUT2D eigenvalue weighted by atomic mass is 10.4. The summed E-state index contributed by atoms with van der Waals surface area (Å²) in [5.74, 6) is 1.40. The third kappa shape index (κ3) is 4.87. The molecule has 0 amide bonds. The fourth-order valence-electron chi connectivity index (χ4n) is 3.01. The second-order valence-corrected chi connectivity index (χ2v) is 8.31. The van der Waals surface area contributed by atoms with Crippen LogP contribution in [-0.4, -0.2) is 76.2 Å². The van der Waals surface area contributed by atoms with Gasteiger partial charge in [0.15, 0.2) is 11.8 Å². The van der Waals surface area contributed by atoms with E-state index >= 15 is 0 Å². The van der Waals surface area contributed by atoms with Crippen molar-refractivity contribution in [3.8, 4) is 0 Å². The Morgan fingerprint density at radius 2 is 2.07 bits per heavy atom. The van der Waals surface area contributed by atoms with Crippen molar-refractivity contribution in [2.45, 2.75) is 32.7 Å². The van der Waals surface area contributed by atoms with Gasteiger partial charge < -0.3 is 19.3 Å². The van der Waals surface area contributed by atoms with Crippen LogP contribution < -0.4 is 5.32 Å². The Bertz CT molecular complexity index is 870. The maximum absolute atomic E-state index is 12.6. The van der Waals surface area contributed by atoms with Crippen molar-refractivity contribution < 1.29 is 12.9 Å². The molecule has 1 aliphatic heterocycles. The predicted octanol–water partition coefficient (Wildman–Crippen LogP) is -0.101. The first-order valence-corrected chi connectivity index (χ1v) is 10.9. The van der Waals surface area contributed by atoms with Crippen molar-refractivity contribution in [1.29, 1.82) is 0 Å². The van der Waals surface area contributed by atoms with Crippen LogP contribution in [0.25, 0.3) is 0 Å². The second-order valence-electron chi connectivity index (χ2n) is 6.34. The van der Waals surface area contributed by atoms with Crippen molar-refractivity contribution in [3.63, 3.8) is 0 Å². The van der Waals surface area contributed by atoms with Gasteiger partial charge in [-0.25, -0.2) is 13.4 Å². The van der Waals surface area contributed by atoms with Crippen LogP contribution in [0.3, 0.4) is 0 Å². The molecular formula is C16H26N8O3S. The zero-order valence-electron chi connectivity index (χ0n) is 16.2. The Labute approximate surface area is 164 Å². The molecule has 0 bridgehead atoms. The number of nitrogens with one attached hydrogen (secondary N) is 1. The van der Waals surface area contributed by atoms with Gasteiger partial charge in [0, 0.05) is 45.3 Å². The first kappa shape index (κ1) is 20.3. The molecule has 1 N–H and O–H groups in total. The molecule has 1 aliphatic rings. The molecule has 0 aromatic carbocycles. The Balaban J connectivity index is 1.61. The predicted molar refractivity (Wildman–Crippen MR) is 103 cm³/mol. The number of aromatic nitrogens is 4. The molecule has 0 saturated carbocycles. The summed E-state index contributed by atoms with van der Waals surface area (Å²) in [4.78, 5) is 6.72. The average Bonchev–Trinajstić information content (AvgIpc) is 3.36. The van der Waals surface area contributed by atoms with E-state index in [9.17, 15) is 8.42 Å². The molecule has 1 saturated heterocycles. The number of piperazine rings is 1. The smallest absolute Gasteiger partial charge is 0.220 e. The minimum Gasteiger partial charge on any atom is -0.364 e. The summed E-state index contributed by atoms with van der Waals surface area (Å²) in [6, 6.07) is 1.57. The Morgan fingerprint density at radius 3 is 2.71 bits per heavy atom. The van der Waals surface area contributed by atoms with Gasteiger partial charge in [-0.3, -0.25) is 0 Å². The molecule has 154 valence electrons. The molecule has 1 fully saturated rings. The summed E-state index contributed by atoms with van der Waals surface area (Å²) >= 11 is 0. The van der Waals surface area contributed by atoms with Crippen LogP contribution in [0.5, 0.6) is 0 Å². The maximum Gasteiger partial charge on any atom is 0.220 e. The van der Waals surface area contributed by atoms with Gasteiger partial charge in [-0.05, 0) is 13.8 Å². The van der Waals surface area contributed by atoms with Crippen molar-refractivity contribution in [3.05, 3.63) is 30.2 Å². The maximum atomic E-state index is 12.6. The fourth-order valence-corrected chi connectivity index (χ4v) is 4.43. The van der Waals surface area contributed by atoms with Gasteiger partial charge in [0.05, 0.1) is 5.69 Å². The van der Waals surface area contributed by atoms with Gasteiger partial charge in [-0.1, -0.05) is 5.16 Å². The number of aliphatic imine (C=N–C) groups is 1. The number of hydrogen-bond donors (Lipinski definition) is 1. The SMILES string of the molecule is CCNC(=NCc1nncn1CC)N1CCN(S(=O)(=O)Cc2ccon2)CC1. The number of rotatable bonds is 7. The van der Waals surface area contributed by atoms with E-state index in [4.69, 9.17) is 4.52 Å². The van der Waals surface area contributed by atoms with Gasteiger partial charge >= 0.3 is 0 Å². The highest BCUT2D eigenvalue weighted by atomic mass is 32.2. The summed E-state index contributed by atoms with van der Waals surface area (Å²) in [6.07, 6.45) is 3.07. The van der Waals surface area contributed by atoms with Gasteiger partial charge in [-0.15, -0.1) is 10.2 Å². The normalized spacial score (nSPS) is 16.5. The second kappa shape index (κ2) is 9.15. The van der Waals surface area contributed by atoms with Crippen LogP contribution in [-0.2, 0) is 28.9 Å². The lowest BCUT2D eigenvalue weighted by Crippen LogP contribution is -2.53. The van der Waals surface area contributed by atoms with E-state index in [1.807, 2.05) is 18.4 Å². The number of sulfonamides is 1. The molecule has 0 atom stereocenters. The lowest BCUT2D eigenvalue weighted by Gasteiger charge is -2.35. The number of guanidine groups is 1. The summed E-state index contributed by atoms with van der Waals surface area (Å²) in [5.41, 5.74) is 0.414. The monoisotopic (exact) mass is 410 g/mol. The third-order valence-electron chi connectivity index (χ3n) is 4.49. The number of aryl methyl sites for hydroxylation is 1. The van der Waals surface area contributed by atoms with E-state index in [1.165, 1.54) is 10.6 Å². The first-order valence-electron chi connectivity index (χ1n) is 9.30. The molecule has 28 heavy (non-hydrogen) atoms. The molecule has 0 spiro atoms. The molecule has 0 radical (unpaired) electrons. The van der Waals surface area contributed by atoms with Crippen molar-refractivity contribution >= 4 is 16.0 Å². The minimum absolute atomic E-state index is 0.148. The van der Waals surface area contributed by atoms with Gasteiger partial charge in [-0.2, -0.15) is 4.31 Å². The van der Waals surface area contributed by atoms with Crippen LogP contribution in [0, 0.1) is 0 Å². The molecule has 11 nitrogen and oxygen atoms in total. The highest BCUT2D eigenvalue weighted by Crippen LogP contribution is 2.13. The molecule has 2 aromatic heterocycles. The Hall–Kier alpha value is -2.47. The highest BCUT2D eigenvalue weighted by molar-refractivity contribution is 7.88. The van der Waals surface area contributed by atoms with E-state index in [1.54, 1.807) is 12.4 Å². The van der Waals surface area contributed by atoms with Gasteiger partial charge in [0.2, 0.25) is 10.0 Å². The summed E-state index contributed by atoms with van der Waals surface area (Å²) in [6.45, 7) is 7.88. The Kier molecular flexibility index (Phi) is 6.62. The van der Waals surface area contributed by atoms with Crippen molar-refractivity contribution in [2.75, 3.05) is 32.7 Å². The van der Waals surface area contributed by atoms with Gasteiger partial charge in [0.1, 0.15) is 24.9 Å². The van der Waals surface area contributed by atoms with Crippen LogP contribution in [0.1, 0.15) is 25.4 Å². The topological polar surface area (TPSA) is 122 Å². The van der Waals surface area contributed by atoms with Crippen molar-refractivity contribution in [1.82, 2.24) is 34.4 Å². The van der Waals surface area contributed by atoms with Crippen molar-refractivity contribution in [2.24, 2.45) is 4.99 Å². The number of nitrogens with zero attached hydrogens (tertiary/aromatic N) is 7. The third-order valence-corrected chi connectivity index (χ3v) is 6.31. The van der Waals surface area contributed by atoms with Gasteiger partial charge in [0.25, 0.3) is 0 Å². The van der Waals surface area contributed by atoms with E-state index in [0.29, 0.717) is 38.4 Å². The van der Waals surface area contributed by atoms with Crippen LogP contribution in [0.4, 0.5) is 0 Å². The standard InChI is InChI=1S/C16H26N8O3S/c1-3-17-16(18-11-15-20-19-13-22(15)4-2)23-6-8-24(9-7-23)28(25,26)12-14-5-10-27-21-14/h5,10,13H,3-4,6-9,11-12H2,1-2H3,(H,17,18). The molecule has 3 heterocycles. The Morgan fingerprint density at radius 1 is 1.29 bits per heavy atom. The van der Waals surface area contributed by atoms with Crippen LogP contribution >= 0.6 is 0 Å². The van der Waals surface area contributed by atoms with E-state index in [2.05, 4.69) is 30.6 Å². The fraction of sp³-hybridized carbons (Fsp3) is 0.625. The minimum atomic E-state index is -3.42. The molecule has 3 rings (SSSR count). The van der Waals surface area contributed by atoms with E-state index < -0.39 is 10.0 Å². The van der Waals surface area contributed by atoms with E-state index in [0.717, 1.165) is 24.9 Å². The molecule has 0 aliphatic carbocycles. The zero-order chi connectivity index (χ0) is 20.0. The van der Waals surface area contributed by atoms with E-state index in [-0.39, 0.29) is 5.75 Å². The molecular weight excluding hydrogens is 384 g/mol. The van der Waals surface area contributed by atoms with Crippen LogP contribution in [0.2, 0.25) is 0 Å². The van der Waals surface area contributed by atoms with Crippen LogP contribution in [0.15, 0.2) is 28.2 Å². The average molecular weight is 411 g/mol. The first-order chi connectivity index (χ1) is 13.5. The quantitative estimate of drug-likeness (QED) is 0.496. The molecule has 2 aromatic rings. The molecule has 0 unspecified atom stereocenters. The zero-order valence-corrected chi connectivity index (χ0v) is 17.0. The molecule has 12 heteroatoms.